The molecule has 2 aromatic carbocycles. The zero-order valence-corrected chi connectivity index (χ0v) is 13.9. The quantitative estimate of drug-likeness (QED) is 0.721. The number of hydrogen-bond acceptors (Lipinski definition) is 4. The van der Waals surface area contributed by atoms with Gasteiger partial charge in [0.2, 0.25) is 5.88 Å². The summed E-state index contributed by atoms with van der Waals surface area (Å²) in [5, 5.41) is 6.19. The van der Waals surface area contributed by atoms with Gasteiger partial charge in [0.25, 0.3) is 5.91 Å². The van der Waals surface area contributed by atoms with Crippen LogP contribution in [0.2, 0.25) is 0 Å². The van der Waals surface area contributed by atoms with Gasteiger partial charge in [0.15, 0.2) is 0 Å². The average Bonchev–Trinajstić information content (AvgIpc) is 2.67. The molecule has 0 aliphatic heterocycles. The van der Waals surface area contributed by atoms with Gasteiger partial charge >= 0.3 is 0 Å². The summed E-state index contributed by atoms with van der Waals surface area (Å²) < 4.78 is 5.21. The zero-order valence-electron chi connectivity index (χ0n) is 13.9. The highest BCUT2D eigenvalue weighted by atomic mass is 16.5. The number of para-hydroxylation sites is 2. The van der Waals surface area contributed by atoms with Crippen molar-refractivity contribution in [1.82, 2.24) is 10.3 Å². The molecule has 0 saturated heterocycles. The standard InChI is InChI=1S/C20H19N3O2/c1-25-20-15(8-7-13-21-20)14-22-19(24)17-11-5-6-12-18(17)23-16-9-3-2-4-10-16/h2-13,23H,14H2,1H3,(H,22,24). The van der Waals surface area contributed by atoms with Crippen molar-refractivity contribution in [2.45, 2.75) is 6.54 Å². The molecule has 1 amide bonds. The number of nitrogens with zero attached hydrogens (tertiary/aromatic N) is 1. The third-order valence-corrected chi connectivity index (χ3v) is 3.71. The van der Waals surface area contributed by atoms with Crippen LogP contribution in [0.1, 0.15) is 15.9 Å². The summed E-state index contributed by atoms with van der Waals surface area (Å²) >= 11 is 0. The lowest BCUT2D eigenvalue weighted by atomic mass is 10.1. The Labute approximate surface area is 146 Å². The molecule has 0 unspecified atom stereocenters. The highest BCUT2D eigenvalue weighted by molar-refractivity contribution is 6.00. The average molecular weight is 333 g/mol. The van der Waals surface area contributed by atoms with Crippen molar-refractivity contribution in [3.8, 4) is 5.88 Å². The molecule has 0 spiro atoms. The van der Waals surface area contributed by atoms with E-state index in [9.17, 15) is 4.79 Å². The maximum Gasteiger partial charge on any atom is 0.253 e. The summed E-state index contributed by atoms with van der Waals surface area (Å²) in [5.74, 6) is 0.350. The number of ether oxygens (including phenoxy) is 1. The second kappa shape index (κ2) is 7.97. The van der Waals surface area contributed by atoms with E-state index in [0.717, 1.165) is 16.9 Å². The van der Waals surface area contributed by atoms with Gasteiger partial charge in [0.1, 0.15) is 0 Å². The van der Waals surface area contributed by atoms with Gasteiger partial charge in [-0.25, -0.2) is 4.98 Å². The fourth-order valence-corrected chi connectivity index (χ4v) is 2.48. The number of aromatic nitrogens is 1. The van der Waals surface area contributed by atoms with E-state index < -0.39 is 0 Å². The first kappa shape index (κ1) is 16.5. The molecule has 3 rings (SSSR count). The van der Waals surface area contributed by atoms with Crippen molar-refractivity contribution in [2.24, 2.45) is 0 Å². The first-order valence-corrected chi connectivity index (χ1v) is 7.95. The number of carbonyl (C=O) groups is 1. The molecule has 0 atom stereocenters. The van der Waals surface area contributed by atoms with Crippen LogP contribution in [0.25, 0.3) is 0 Å². The van der Waals surface area contributed by atoms with E-state index in [2.05, 4.69) is 15.6 Å². The summed E-state index contributed by atoms with van der Waals surface area (Å²) in [7, 11) is 1.56. The van der Waals surface area contributed by atoms with Gasteiger partial charge in [-0.2, -0.15) is 0 Å². The number of pyridine rings is 1. The van der Waals surface area contributed by atoms with Crippen LogP contribution < -0.4 is 15.4 Å². The number of nitrogens with one attached hydrogen (secondary N) is 2. The molecule has 0 radical (unpaired) electrons. The number of carbonyl (C=O) groups excluding carboxylic acids is 1. The van der Waals surface area contributed by atoms with Gasteiger partial charge < -0.3 is 15.4 Å². The molecule has 1 aromatic heterocycles. The van der Waals surface area contributed by atoms with E-state index in [4.69, 9.17) is 4.74 Å². The molecule has 1 heterocycles. The van der Waals surface area contributed by atoms with E-state index in [0.29, 0.717) is 18.0 Å². The fourth-order valence-electron chi connectivity index (χ4n) is 2.48. The third-order valence-electron chi connectivity index (χ3n) is 3.71. The highest BCUT2D eigenvalue weighted by Crippen LogP contribution is 2.21. The van der Waals surface area contributed by atoms with Crippen LogP contribution >= 0.6 is 0 Å². The highest BCUT2D eigenvalue weighted by Gasteiger charge is 2.12. The number of amides is 1. The van der Waals surface area contributed by atoms with Crippen LogP contribution in [0.15, 0.2) is 72.9 Å². The minimum absolute atomic E-state index is 0.162. The molecule has 126 valence electrons. The van der Waals surface area contributed by atoms with Crippen molar-refractivity contribution in [1.29, 1.82) is 0 Å². The third kappa shape index (κ3) is 4.14. The van der Waals surface area contributed by atoms with Crippen molar-refractivity contribution < 1.29 is 9.53 Å². The first-order valence-electron chi connectivity index (χ1n) is 7.95. The summed E-state index contributed by atoms with van der Waals surface area (Å²) in [6.45, 7) is 0.343. The van der Waals surface area contributed by atoms with Crippen molar-refractivity contribution in [2.75, 3.05) is 12.4 Å². The van der Waals surface area contributed by atoms with Crippen molar-refractivity contribution in [3.63, 3.8) is 0 Å². The largest absolute Gasteiger partial charge is 0.481 e. The second-order valence-electron chi connectivity index (χ2n) is 5.39. The molecule has 2 N–H and O–H groups in total. The van der Waals surface area contributed by atoms with Gasteiger partial charge in [-0.3, -0.25) is 4.79 Å². The topological polar surface area (TPSA) is 63.2 Å². The normalized spacial score (nSPS) is 10.1. The predicted molar refractivity (Wildman–Crippen MR) is 98.1 cm³/mol. The number of methoxy groups -OCH3 is 1. The summed E-state index contributed by atoms with van der Waals surface area (Å²) in [6.07, 6.45) is 1.66. The fraction of sp³-hybridized carbons (Fsp3) is 0.100. The lowest BCUT2D eigenvalue weighted by Crippen LogP contribution is -2.24. The molecule has 0 aliphatic rings. The Hall–Kier alpha value is -3.34. The lowest BCUT2D eigenvalue weighted by Gasteiger charge is -2.13. The van der Waals surface area contributed by atoms with Gasteiger partial charge in [-0.15, -0.1) is 0 Å². The summed E-state index contributed by atoms with van der Waals surface area (Å²) in [6, 6.07) is 20.8. The molecule has 25 heavy (non-hydrogen) atoms. The van der Waals surface area contributed by atoms with Gasteiger partial charge in [0, 0.05) is 24.0 Å². The molecule has 5 nitrogen and oxygen atoms in total. The van der Waals surface area contributed by atoms with Crippen LogP contribution in [0.5, 0.6) is 5.88 Å². The van der Waals surface area contributed by atoms with Crippen molar-refractivity contribution >= 4 is 17.3 Å². The Balaban J connectivity index is 1.74. The SMILES string of the molecule is COc1ncccc1CNC(=O)c1ccccc1Nc1ccccc1. The molecule has 0 fully saturated rings. The van der Waals surface area contributed by atoms with Crippen LogP contribution in [0.3, 0.4) is 0 Å². The Bertz CT molecular complexity index is 850. The zero-order chi connectivity index (χ0) is 17.5. The molecule has 0 aliphatic carbocycles. The van der Waals surface area contributed by atoms with Crippen LogP contribution in [-0.2, 0) is 6.54 Å². The van der Waals surface area contributed by atoms with E-state index in [-0.39, 0.29) is 5.91 Å². The Morgan fingerprint density at radius 2 is 1.76 bits per heavy atom. The van der Waals surface area contributed by atoms with E-state index in [1.807, 2.05) is 60.7 Å². The number of benzene rings is 2. The first-order chi connectivity index (χ1) is 12.3. The van der Waals surface area contributed by atoms with Crippen LogP contribution in [0, 0.1) is 0 Å². The molecular weight excluding hydrogens is 314 g/mol. The minimum atomic E-state index is -0.162. The number of rotatable bonds is 6. The molecular formula is C20H19N3O2. The number of anilines is 2. The van der Waals surface area contributed by atoms with E-state index in [1.54, 1.807) is 19.4 Å². The monoisotopic (exact) mass is 333 g/mol. The Morgan fingerprint density at radius 1 is 1.00 bits per heavy atom. The van der Waals surface area contributed by atoms with Gasteiger partial charge in [0.05, 0.1) is 18.4 Å². The Kier molecular flexibility index (Phi) is 5.26. The predicted octanol–water partition coefficient (Wildman–Crippen LogP) is 3.76. The smallest absolute Gasteiger partial charge is 0.253 e. The molecule has 0 bridgehead atoms. The number of hydrogen-bond donors (Lipinski definition) is 2. The van der Waals surface area contributed by atoms with E-state index in [1.165, 1.54) is 0 Å². The summed E-state index contributed by atoms with van der Waals surface area (Å²) in [4.78, 5) is 16.8. The summed E-state index contributed by atoms with van der Waals surface area (Å²) in [5.41, 5.74) is 3.09. The van der Waals surface area contributed by atoms with Gasteiger partial charge in [-0.1, -0.05) is 36.4 Å². The molecule has 5 heteroatoms. The lowest BCUT2D eigenvalue weighted by molar-refractivity contribution is 0.0951. The van der Waals surface area contributed by atoms with Gasteiger partial charge in [-0.05, 0) is 30.3 Å². The maximum absolute atomic E-state index is 12.6. The molecule has 3 aromatic rings. The molecule has 0 saturated carbocycles. The van der Waals surface area contributed by atoms with E-state index >= 15 is 0 Å². The van der Waals surface area contributed by atoms with Crippen LogP contribution in [0.4, 0.5) is 11.4 Å². The Morgan fingerprint density at radius 3 is 2.56 bits per heavy atom. The second-order valence-corrected chi connectivity index (χ2v) is 5.39. The van der Waals surface area contributed by atoms with Crippen molar-refractivity contribution in [3.05, 3.63) is 84.1 Å². The minimum Gasteiger partial charge on any atom is -0.481 e. The van der Waals surface area contributed by atoms with Crippen LogP contribution in [-0.4, -0.2) is 18.0 Å². The maximum atomic E-state index is 12.6.